The number of aliphatic hydroxyl groups is 1. The van der Waals surface area contributed by atoms with E-state index in [2.05, 4.69) is 45.3 Å². The lowest BCUT2D eigenvalue weighted by atomic mass is 9.79. The molecule has 0 radical (unpaired) electrons. The lowest BCUT2D eigenvalue weighted by Crippen LogP contribution is -2.40. The van der Waals surface area contributed by atoms with Gasteiger partial charge in [-0.1, -0.05) is 40.5 Å². The molecular formula is C17H38IN3O. The fourth-order valence-electron chi connectivity index (χ4n) is 2.55. The Bertz CT molecular complexity index is 277. The average Bonchev–Trinajstić information content (AvgIpc) is 2.52. The van der Waals surface area contributed by atoms with E-state index in [0.717, 1.165) is 44.9 Å². The second-order valence-corrected chi connectivity index (χ2v) is 5.94. The summed E-state index contributed by atoms with van der Waals surface area (Å²) in [6, 6.07) is 0. The van der Waals surface area contributed by atoms with Gasteiger partial charge in [0.2, 0.25) is 0 Å². The maximum Gasteiger partial charge on any atom is 0.191 e. The number of nitrogens with one attached hydrogen (secondary N) is 2. The van der Waals surface area contributed by atoms with Gasteiger partial charge in [-0.25, -0.2) is 0 Å². The Kier molecular flexibility index (Phi) is 16.0. The molecule has 0 aromatic rings. The van der Waals surface area contributed by atoms with Crippen LogP contribution >= 0.6 is 24.0 Å². The molecule has 134 valence electrons. The Hall–Kier alpha value is -0.0400. The van der Waals surface area contributed by atoms with Gasteiger partial charge in [-0.05, 0) is 37.5 Å². The van der Waals surface area contributed by atoms with Gasteiger partial charge in [0, 0.05) is 26.2 Å². The van der Waals surface area contributed by atoms with Crippen molar-refractivity contribution < 1.29 is 5.11 Å². The first-order valence-corrected chi connectivity index (χ1v) is 8.74. The molecule has 0 amide bonds. The van der Waals surface area contributed by atoms with E-state index < -0.39 is 0 Å². The Balaban J connectivity index is 0. The first kappa shape index (κ1) is 24.2. The third kappa shape index (κ3) is 9.18. The highest BCUT2D eigenvalue weighted by molar-refractivity contribution is 14.0. The summed E-state index contributed by atoms with van der Waals surface area (Å²) in [6.45, 7) is 13.8. The summed E-state index contributed by atoms with van der Waals surface area (Å²) in [5, 5.41) is 16.1. The third-order valence-corrected chi connectivity index (χ3v) is 4.77. The third-order valence-electron chi connectivity index (χ3n) is 4.77. The highest BCUT2D eigenvalue weighted by atomic mass is 127. The molecule has 22 heavy (non-hydrogen) atoms. The SMILES string of the molecule is CCNC(=NCC(CC)(CC)CCO)NCC(CC)CC.I. The molecule has 0 atom stereocenters. The molecule has 0 spiro atoms. The van der Waals surface area contributed by atoms with Crippen molar-refractivity contribution in [2.45, 2.75) is 66.7 Å². The number of halogens is 1. The summed E-state index contributed by atoms with van der Waals surface area (Å²) >= 11 is 0. The molecule has 0 saturated heterocycles. The maximum absolute atomic E-state index is 9.29. The van der Waals surface area contributed by atoms with Gasteiger partial charge in [0.15, 0.2) is 5.96 Å². The minimum atomic E-state index is 0. The second kappa shape index (κ2) is 14.5. The van der Waals surface area contributed by atoms with E-state index in [1.54, 1.807) is 0 Å². The van der Waals surface area contributed by atoms with Crippen molar-refractivity contribution in [3.63, 3.8) is 0 Å². The lowest BCUT2D eigenvalue weighted by molar-refractivity contribution is 0.175. The molecule has 0 aromatic heterocycles. The van der Waals surface area contributed by atoms with Crippen LogP contribution in [0.1, 0.15) is 66.7 Å². The molecule has 4 nitrogen and oxygen atoms in total. The van der Waals surface area contributed by atoms with Gasteiger partial charge >= 0.3 is 0 Å². The van der Waals surface area contributed by atoms with Gasteiger partial charge in [0.25, 0.3) is 0 Å². The minimum absolute atomic E-state index is 0. The smallest absolute Gasteiger partial charge is 0.191 e. The summed E-state index contributed by atoms with van der Waals surface area (Å²) < 4.78 is 0. The van der Waals surface area contributed by atoms with Gasteiger partial charge in [0.05, 0.1) is 0 Å². The van der Waals surface area contributed by atoms with Crippen molar-refractivity contribution >= 4 is 29.9 Å². The number of aliphatic imine (C=N–C) groups is 1. The monoisotopic (exact) mass is 427 g/mol. The van der Waals surface area contributed by atoms with E-state index in [0.29, 0.717) is 5.92 Å². The van der Waals surface area contributed by atoms with Crippen LogP contribution < -0.4 is 10.6 Å². The summed E-state index contributed by atoms with van der Waals surface area (Å²) in [5.41, 5.74) is 0.131. The van der Waals surface area contributed by atoms with Gasteiger partial charge < -0.3 is 15.7 Å². The zero-order chi connectivity index (χ0) is 16.1. The quantitative estimate of drug-likeness (QED) is 0.267. The molecule has 0 aliphatic heterocycles. The first-order valence-electron chi connectivity index (χ1n) is 8.74. The number of aliphatic hydroxyl groups excluding tert-OH is 1. The largest absolute Gasteiger partial charge is 0.396 e. The van der Waals surface area contributed by atoms with Crippen LogP contribution in [0.5, 0.6) is 0 Å². The average molecular weight is 427 g/mol. The Morgan fingerprint density at radius 1 is 1.05 bits per heavy atom. The van der Waals surface area contributed by atoms with Crippen LogP contribution in [0.15, 0.2) is 4.99 Å². The molecule has 0 unspecified atom stereocenters. The van der Waals surface area contributed by atoms with Crippen LogP contribution in [0.4, 0.5) is 0 Å². The van der Waals surface area contributed by atoms with Crippen LogP contribution in [-0.2, 0) is 0 Å². The predicted octanol–water partition coefficient (Wildman–Crippen LogP) is 3.78. The molecule has 0 saturated carbocycles. The van der Waals surface area contributed by atoms with Crippen LogP contribution in [0, 0.1) is 11.3 Å². The number of rotatable bonds is 11. The summed E-state index contributed by atoms with van der Waals surface area (Å²) in [5.74, 6) is 1.61. The van der Waals surface area contributed by atoms with Crippen molar-refractivity contribution in [2.75, 3.05) is 26.2 Å². The topological polar surface area (TPSA) is 56.7 Å². The van der Waals surface area contributed by atoms with Gasteiger partial charge in [-0.3, -0.25) is 4.99 Å². The summed E-state index contributed by atoms with van der Waals surface area (Å²) in [7, 11) is 0. The van der Waals surface area contributed by atoms with Crippen LogP contribution in [0.25, 0.3) is 0 Å². The fraction of sp³-hybridized carbons (Fsp3) is 0.941. The molecule has 0 bridgehead atoms. The molecule has 0 rings (SSSR count). The zero-order valence-electron chi connectivity index (χ0n) is 15.2. The zero-order valence-corrected chi connectivity index (χ0v) is 17.6. The standard InChI is InChI=1S/C17H37N3O.HI/c1-6-15(7-2)13-19-16(18-10-5)20-14-17(8-3,9-4)11-12-21;/h15,21H,6-14H2,1-5H3,(H2,18,19,20);1H. The van der Waals surface area contributed by atoms with E-state index in [-0.39, 0.29) is 36.0 Å². The Labute approximate surface area is 155 Å². The molecule has 0 heterocycles. The molecule has 0 aliphatic carbocycles. The van der Waals surface area contributed by atoms with E-state index in [1.807, 2.05) is 0 Å². The van der Waals surface area contributed by atoms with E-state index >= 15 is 0 Å². The normalized spacial score (nSPS) is 12.2. The van der Waals surface area contributed by atoms with Crippen molar-refractivity contribution in [3.05, 3.63) is 0 Å². The van der Waals surface area contributed by atoms with E-state index in [4.69, 9.17) is 4.99 Å². The van der Waals surface area contributed by atoms with Crippen molar-refractivity contribution in [3.8, 4) is 0 Å². The Morgan fingerprint density at radius 3 is 2.05 bits per heavy atom. The lowest BCUT2D eigenvalue weighted by Gasteiger charge is -2.29. The number of nitrogens with zero attached hydrogens (tertiary/aromatic N) is 1. The second-order valence-electron chi connectivity index (χ2n) is 5.94. The van der Waals surface area contributed by atoms with Crippen molar-refractivity contribution in [1.82, 2.24) is 10.6 Å². The number of guanidine groups is 1. The highest BCUT2D eigenvalue weighted by Gasteiger charge is 2.25. The molecule has 5 heteroatoms. The van der Waals surface area contributed by atoms with Crippen LogP contribution in [-0.4, -0.2) is 37.3 Å². The highest BCUT2D eigenvalue weighted by Crippen LogP contribution is 2.30. The molecule has 0 aromatic carbocycles. The number of hydrogen-bond donors (Lipinski definition) is 3. The minimum Gasteiger partial charge on any atom is -0.396 e. The first-order chi connectivity index (χ1) is 10.1. The van der Waals surface area contributed by atoms with Crippen molar-refractivity contribution in [2.24, 2.45) is 16.3 Å². The Morgan fingerprint density at radius 2 is 1.64 bits per heavy atom. The van der Waals surface area contributed by atoms with E-state index in [9.17, 15) is 5.11 Å². The van der Waals surface area contributed by atoms with Gasteiger partial charge in [-0.2, -0.15) is 0 Å². The molecule has 0 fully saturated rings. The molecule has 0 aliphatic rings. The van der Waals surface area contributed by atoms with Gasteiger partial charge in [-0.15, -0.1) is 24.0 Å². The summed E-state index contributed by atoms with van der Waals surface area (Å²) in [4.78, 5) is 4.77. The summed E-state index contributed by atoms with van der Waals surface area (Å²) in [6.07, 6.45) is 5.33. The van der Waals surface area contributed by atoms with Crippen LogP contribution in [0.2, 0.25) is 0 Å². The van der Waals surface area contributed by atoms with Crippen LogP contribution in [0.3, 0.4) is 0 Å². The van der Waals surface area contributed by atoms with E-state index in [1.165, 1.54) is 12.8 Å². The maximum atomic E-state index is 9.29. The number of hydrogen-bond acceptors (Lipinski definition) is 2. The van der Waals surface area contributed by atoms with Crippen molar-refractivity contribution in [1.29, 1.82) is 0 Å². The fourth-order valence-corrected chi connectivity index (χ4v) is 2.55. The molecule has 3 N–H and O–H groups in total. The molecular weight excluding hydrogens is 389 g/mol. The van der Waals surface area contributed by atoms with Gasteiger partial charge in [0.1, 0.15) is 0 Å². The predicted molar refractivity (Wildman–Crippen MR) is 108 cm³/mol.